The molecule has 0 amide bonds. The normalized spacial score (nSPS) is 16.1. The van der Waals surface area contributed by atoms with Crippen molar-refractivity contribution in [2.45, 2.75) is 36.0 Å². The highest BCUT2D eigenvalue weighted by Crippen LogP contribution is 2.29. The van der Waals surface area contributed by atoms with Crippen LogP contribution in [0.1, 0.15) is 24.8 Å². The van der Waals surface area contributed by atoms with Gasteiger partial charge in [0.15, 0.2) is 0 Å². The number of benzene rings is 2. The molecule has 0 unspecified atom stereocenters. The van der Waals surface area contributed by atoms with Crippen LogP contribution in [0.4, 0.5) is 5.69 Å². The molecule has 1 N–H and O–H groups in total. The van der Waals surface area contributed by atoms with Gasteiger partial charge < -0.3 is 0 Å². The van der Waals surface area contributed by atoms with Gasteiger partial charge in [0.25, 0.3) is 10.0 Å². The van der Waals surface area contributed by atoms with Crippen LogP contribution in [-0.2, 0) is 20.0 Å². The van der Waals surface area contributed by atoms with E-state index in [2.05, 4.69) is 4.72 Å². The van der Waals surface area contributed by atoms with Gasteiger partial charge in [0.1, 0.15) is 0 Å². The fraction of sp³-hybridized carbons (Fsp3) is 0.333. The third kappa shape index (κ3) is 4.46. The summed E-state index contributed by atoms with van der Waals surface area (Å²) in [5.41, 5.74) is 0.797. The number of sulfonamides is 2. The fourth-order valence-electron chi connectivity index (χ4n) is 2.97. The Morgan fingerprint density at radius 2 is 1.50 bits per heavy atom. The summed E-state index contributed by atoms with van der Waals surface area (Å²) in [6.45, 7) is 2.64. The maximum Gasteiger partial charge on any atom is 0.261 e. The highest BCUT2D eigenvalue weighted by Gasteiger charge is 2.27. The molecule has 0 aromatic heterocycles. The third-order valence-electron chi connectivity index (χ3n) is 4.61. The lowest BCUT2D eigenvalue weighted by Crippen LogP contribution is -2.35. The lowest BCUT2D eigenvalue weighted by atomic mass is 10.2. The molecule has 1 fully saturated rings. The number of piperidine rings is 1. The molecular formula is C18H20Cl2N2O4S2. The molecule has 3 rings (SSSR count). The van der Waals surface area contributed by atoms with Gasteiger partial charge in [-0.05, 0) is 55.7 Å². The third-order valence-corrected chi connectivity index (χ3v) is 8.60. The molecule has 152 valence electrons. The second kappa shape index (κ2) is 8.20. The Balaban J connectivity index is 1.94. The van der Waals surface area contributed by atoms with E-state index < -0.39 is 20.0 Å². The lowest BCUT2D eigenvalue weighted by Gasteiger charge is -2.26. The summed E-state index contributed by atoms with van der Waals surface area (Å²) < 4.78 is 55.1. The van der Waals surface area contributed by atoms with E-state index in [9.17, 15) is 16.8 Å². The average Bonchev–Trinajstić information content (AvgIpc) is 2.66. The van der Waals surface area contributed by atoms with Gasteiger partial charge >= 0.3 is 0 Å². The van der Waals surface area contributed by atoms with Crippen LogP contribution < -0.4 is 4.72 Å². The van der Waals surface area contributed by atoms with Gasteiger partial charge in [-0.25, -0.2) is 16.8 Å². The van der Waals surface area contributed by atoms with Crippen LogP contribution in [0.2, 0.25) is 10.0 Å². The zero-order valence-corrected chi connectivity index (χ0v) is 18.3. The molecule has 2 aromatic rings. The Hall–Kier alpha value is -1.32. The van der Waals surface area contributed by atoms with Crippen LogP contribution in [-0.4, -0.2) is 34.2 Å². The number of aryl methyl sites for hydroxylation is 1. The summed E-state index contributed by atoms with van der Waals surface area (Å²) in [6, 6.07) is 8.41. The number of hydrogen-bond acceptors (Lipinski definition) is 4. The number of nitrogens with one attached hydrogen (secondary N) is 1. The molecule has 1 aliphatic heterocycles. The summed E-state index contributed by atoms with van der Waals surface area (Å²) in [4.78, 5) is -0.00238. The quantitative estimate of drug-likeness (QED) is 0.718. The van der Waals surface area contributed by atoms with E-state index in [-0.39, 0.29) is 25.5 Å². The van der Waals surface area contributed by atoms with Gasteiger partial charge in [0.2, 0.25) is 10.0 Å². The Morgan fingerprint density at radius 3 is 2.14 bits per heavy atom. The van der Waals surface area contributed by atoms with E-state index in [4.69, 9.17) is 23.2 Å². The van der Waals surface area contributed by atoms with Crippen LogP contribution in [0.25, 0.3) is 0 Å². The molecule has 0 spiro atoms. The first-order chi connectivity index (χ1) is 13.1. The van der Waals surface area contributed by atoms with Crippen LogP contribution in [0, 0.1) is 6.92 Å². The van der Waals surface area contributed by atoms with Crippen molar-refractivity contribution in [3.8, 4) is 0 Å². The van der Waals surface area contributed by atoms with E-state index in [0.29, 0.717) is 18.7 Å². The SMILES string of the molecule is Cc1ccc(S(=O)(=O)N2CCCCC2)cc1NS(=O)(=O)c1ccc(Cl)c(Cl)c1. The van der Waals surface area contributed by atoms with Crippen molar-refractivity contribution in [3.05, 3.63) is 52.0 Å². The van der Waals surface area contributed by atoms with E-state index in [1.807, 2.05) is 0 Å². The number of nitrogens with zero attached hydrogens (tertiary/aromatic N) is 1. The highest BCUT2D eigenvalue weighted by molar-refractivity contribution is 7.92. The zero-order chi connectivity index (χ0) is 20.5. The summed E-state index contributed by atoms with van der Waals surface area (Å²) in [7, 11) is -7.64. The Labute approximate surface area is 175 Å². The van der Waals surface area contributed by atoms with Crippen molar-refractivity contribution in [2.75, 3.05) is 17.8 Å². The standard InChI is InChI=1S/C18H20Cl2N2O4S2/c1-13-5-6-15(28(25,26)22-9-3-2-4-10-22)12-18(13)21-27(23,24)14-7-8-16(19)17(20)11-14/h5-8,11-12,21H,2-4,9-10H2,1H3. The lowest BCUT2D eigenvalue weighted by molar-refractivity contribution is 0.346. The smallest absolute Gasteiger partial charge is 0.261 e. The van der Waals surface area contributed by atoms with E-state index in [0.717, 1.165) is 19.3 Å². The average molecular weight is 463 g/mol. The van der Waals surface area contributed by atoms with Gasteiger partial charge in [-0.15, -0.1) is 0 Å². The second-order valence-electron chi connectivity index (χ2n) is 6.62. The maximum absolute atomic E-state index is 12.9. The number of hydrogen-bond donors (Lipinski definition) is 1. The summed E-state index contributed by atoms with van der Waals surface area (Å²) >= 11 is 11.8. The first-order valence-electron chi connectivity index (χ1n) is 8.70. The topological polar surface area (TPSA) is 83.6 Å². The Bertz CT molecular complexity index is 1100. The monoisotopic (exact) mass is 462 g/mol. The molecule has 28 heavy (non-hydrogen) atoms. The van der Waals surface area contributed by atoms with Crippen molar-refractivity contribution in [1.29, 1.82) is 0 Å². The Kier molecular flexibility index (Phi) is 6.26. The van der Waals surface area contributed by atoms with Gasteiger partial charge in [0, 0.05) is 13.1 Å². The van der Waals surface area contributed by atoms with Crippen molar-refractivity contribution >= 4 is 48.9 Å². The molecule has 1 heterocycles. The molecule has 2 aromatic carbocycles. The molecular weight excluding hydrogens is 443 g/mol. The molecule has 0 aliphatic carbocycles. The van der Waals surface area contributed by atoms with Crippen molar-refractivity contribution < 1.29 is 16.8 Å². The second-order valence-corrected chi connectivity index (χ2v) is 11.1. The first kappa shape index (κ1) is 21.4. The van der Waals surface area contributed by atoms with Gasteiger partial charge in [-0.1, -0.05) is 35.7 Å². The van der Waals surface area contributed by atoms with E-state index in [1.54, 1.807) is 13.0 Å². The predicted molar refractivity (Wildman–Crippen MR) is 111 cm³/mol. The van der Waals surface area contributed by atoms with Crippen LogP contribution in [0.3, 0.4) is 0 Å². The van der Waals surface area contributed by atoms with Crippen LogP contribution >= 0.6 is 23.2 Å². The molecule has 0 bridgehead atoms. The fourth-order valence-corrected chi connectivity index (χ4v) is 6.03. The molecule has 1 aliphatic rings. The first-order valence-corrected chi connectivity index (χ1v) is 12.4. The minimum atomic E-state index is -3.96. The Morgan fingerprint density at radius 1 is 0.857 bits per heavy atom. The van der Waals surface area contributed by atoms with Crippen molar-refractivity contribution in [3.63, 3.8) is 0 Å². The summed E-state index contributed by atoms with van der Waals surface area (Å²) in [5.74, 6) is 0. The molecule has 6 nitrogen and oxygen atoms in total. The van der Waals surface area contributed by atoms with Gasteiger partial charge in [-0.3, -0.25) is 4.72 Å². The summed E-state index contributed by atoms with van der Waals surface area (Å²) in [6.07, 6.45) is 2.65. The zero-order valence-electron chi connectivity index (χ0n) is 15.2. The van der Waals surface area contributed by atoms with Crippen LogP contribution in [0.5, 0.6) is 0 Å². The molecule has 0 saturated carbocycles. The minimum Gasteiger partial charge on any atom is -0.279 e. The largest absolute Gasteiger partial charge is 0.279 e. The summed E-state index contributed by atoms with van der Waals surface area (Å²) in [5, 5.41) is 0.356. The van der Waals surface area contributed by atoms with Gasteiger partial charge in [-0.2, -0.15) is 4.31 Å². The molecule has 1 saturated heterocycles. The number of rotatable bonds is 5. The van der Waals surface area contributed by atoms with Gasteiger partial charge in [0.05, 0.1) is 25.5 Å². The van der Waals surface area contributed by atoms with Crippen LogP contribution in [0.15, 0.2) is 46.2 Å². The molecule has 10 heteroatoms. The van der Waals surface area contributed by atoms with Crippen molar-refractivity contribution in [2.24, 2.45) is 0 Å². The molecule has 0 radical (unpaired) electrons. The number of anilines is 1. The predicted octanol–water partition coefficient (Wildman–Crippen LogP) is 4.28. The van der Waals surface area contributed by atoms with E-state index in [1.165, 1.54) is 34.6 Å². The minimum absolute atomic E-state index is 0.0619. The van der Waals surface area contributed by atoms with E-state index >= 15 is 0 Å². The molecule has 0 atom stereocenters. The maximum atomic E-state index is 12.9. The highest BCUT2D eigenvalue weighted by atomic mass is 35.5. The van der Waals surface area contributed by atoms with Crippen molar-refractivity contribution in [1.82, 2.24) is 4.31 Å². The number of halogens is 2.